The van der Waals surface area contributed by atoms with Crippen LogP contribution in [0, 0.1) is 0 Å². The molecule has 1 aliphatic heterocycles. The molecular weight excluding hydrogens is 320 g/mol. The van der Waals surface area contributed by atoms with Crippen LogP contribution in [-0.4, -0.2) is 73.7 Å². The molecule has 4 N–H and O–H groups in total. The normalized spacial score (nSPS) is 28.4. The number of nitrogens with two attached hydrogens (primary N) is 1. The van der Waals surface area contributed by atoms with Crippen molar-refractivity contribution in [3.05, 3.63) is 12.4 Å². The lowest BCUT2D eigenvalue weighted by atomic mass is 9.98. The van der Waals surface area contributed by atoms with Gasteiger partial charge in [0.2, 0.25) is 0 Å². The molecule has 9 nitrogen and oxygen atoms in total. The molecule has 0 spiro atoms. The van der Waals surface area contributed by atoms with Crippen LogP contribution in [0.1, 0.15) is 6.42 Å². The lowest BCUT2D eigenvalue weighted by molar-refractivity contribution is -0.236. The quantitative estimate of drug-likeness (QED) is 0.673. The minimum Gasteiger partial charge on any atom is -0.386 e. The van der Waals surface area contributed by atoms with Gasteiger partial charge in [-0.25, -0.2) is 9.67 Å². The van der Waals surface area contributed by atoms with Gasteiger partial charge in [-0.15, -0.1) is 5.10 Å². The predicted octanol–water partition coefficient (Wildman–Crippen LogP) is -0.618. The first-order chi connectivity index (χ1) is 10.9. The highest BCUT2D eigenvalue weighted by atomic mass is 32.1. The van der Waals surface area contributed by atoms with Gasteiger partial charge < -0.3 is 25.6 Å². The SMILES string of the molecule is CN(C)C1C[C@@H](Cn2cc(-c3cnc(N)s3)nn2)O[C@@H](O)C1O. The Labute approximate surface area is 137 Å². The van der Waals surface area contributed by atoms with Crippen molar-refractivity contribution < 1.29 is 14.9 Å². The van der Waals surface area contributed by atoms with Crippen LogP contribution in [0.3, 0.4) is 0 Å². The van der Waals surface area contributed by atoms with Crippen LogP contribution < -0.4 is 5.73 Å². The fourth-order valence-corrected chi connectivity index (χ4v) is 3.32. The Morgan fingerprint density at radius 3 is 2.91 bits per heavy atom. The standard InChI is InChI=1S/C13H20N6O3S/c1-18(2)9-3-7(22-12(21)11(9)20)5-19-6-8(16-17-19)10-4-15-13(14)23-10/h4,6-7,9,11-12,20-21H,3,5H2,1-2H3,(H2,14,15)/t7-,9?,11?,12+/m0/s1. The first-order valence-corrected chi connectivity index (χ1v) is 8.05. The Hall–Kier alpha value is -1.59. The molecule has 0 radical (unpaired) electrons. The smallest absolute Gasteiger partial charge is 0.182 e. The predicted molar refractivity (Wildman–Crippen MR) is 84.5 cm³/mol. The van der Waals surface area contributed by atoms with E-state index < -0.39 is 12.4 Å². The van der Waals surface area contributed by atoms with Crippen LogP contribution >= 0.6 is 11.3 Å². The summed E-state index contributed by atoms with van der Waals surface area (Å²) >= 11 is 1.35. The number of anilines is 1. The molecule has 2 unspecified atom stereocenters. The summed E-state index contributed by atoms with van der Waals surface area (Å²) in [5.74, 6) is 0. The Morgan fingerprint density at radius 1 is 1.48 bits per heavy atom. The third-order valence-corrected chi connectivity index (χ3v) is 4.74. The van der Waals surface area contributed by atoms with Gasteiger partial charge in [-0.1, -0.05) is 16.6 Å². The van der Waals surface area contributed by atoms with Gasteiger partial charge in [0.05, 0.1) is 23.7 Å². The second-order valence-electron chi connectivity index (χ2n) is 5.79. The highest BCUT2D eigenvalue weighted by Crippen LogP contribution is 2.26. The molecule has 10 heteroatoms. The number of hydrogen-bond donors (Lipinski definition) is 3. The number of thiazole rings is 1. The highest BCUT2D eigenvalue weighted by Gasteiger charge is 2.38. The second-order valence-corrected chi connectivity index (χ2v) is 6.86. The highest BCUT2D eigenvalue weighted by molar-refractivity contribution is 7.18. The van der Waals surface area contributed by atoms with Crippen LogP contribution in [0.25, 0.3) is 10.6 Å². The topological polar surface area (TPSA) is 123 Å². The molecule has 0 bridgehead atoms. The minimum absolute atomic E-state index is 0.173. The van der Waals surface area contributed by atoms with Crippen molar-refractivity contribution >= 4 is 16.5 Å². The van der Waals surface area contributed by atoms with E-state index in [1.165, 1.54) is 11.3 Å². The maximum Gasteiger partial charge on any atom is 0.182 e. The molecular formula is C13H20N6O3S. The van der Waals surface area contributed by atoms with E-state index in [-0.39, 0.29) is 12.1 Å². The monoisotopic (exact) mass is 340 g/mol. The molecule has 1 saturated heterocycles. The number of likely N-dealkylation sites (N-methyl/N-ethyl adjacent to an activating group) is 1. The van der Waals surface area contributed by atoms with Gasteiger partial charge in [0.1, 0.15) is 11.8 Å². The van der Waals surface area contributed by atoms with Crippen LogP contribution in [0.2, 0.25) is 0 Å². The molecule has 1 fully saturated rings. The van der Waals surface area contributed by atoms with Gasteiger partial charge in [0, 0.05) is 12.2 Å². The van der Waals surface area contributed by atoms with E-state index in [4.69, 9.17) is 10.5 Å². The minimum atomic E-state index is -1.20. The van der Waals surface area contributed by atoms with Crippen molar-refractivity contribution in [3.63, 3.8) is 0 Å². The second kappa shape index (κ2) is 6.49. The summed E-state index contributed by atoms with van der Waals surface area (Å²) in [5, 5.41) is 28.5. The maximum absolute atomic E-state index is 9.98. The van der Waals surface area contributed by atoms with E-state index in [9.17, 15) is 10.2 Å². The number of aliphatic hydroxyl groups is 2. The summed E-state index contributed by atoms with van der Waals surface area (Å²) in [5.41, 5.74) is 6.31. The fraction of sp³-hybridized carbons (Fsp3) is 0.615. The molecule has 0 saturated carbocycles. The van der Waals surface area contributed by atoms with Crippen LogP contribution in [0.4, 0.5) is 5.13 Å². The first-order valence-electron chi connectivity index (χ1n) is 7.24. The van der Waals surface area contributed by atoms with Crippen LogP contribution in [0.15, 0.2) is 12.4 Å². The summed E-state index contributed by atoms with van der Waals surface area (Å²) in [7, 11) is 3.73. The molecule has 3 heterocycles. The van der Waals surface area contributed by atoms with Gasteiger partial charge in [-0.3, -0.25) is 0 Å². The Morgan fingerprint density at radius 2 is 2.26 bits per heavy atom. The van der Waals surface area contributed by atoms with Crippen molar-refractivity contribution in [2.45, 2.75) is 37.5 Å². The van der Waals surface area contributed by atoms with Gasteiger partial charge in [-0.05, 0) is 20.5 Å². The van der Waals surface area contributed by atoms with Crippen LogP contribution in [-0.2, 0) is 11.3 Å². The van der Waals surface area contributed by atoms with Gasteiger partial charge >= 0.3 is 0 Å². The molecule has 2 aromatic heterocycles. The number of aliphatic hydroxyl groups excluding tert-OH is 2. The number of hydrogen-bond acceptors (Lipinski definition) is 9. The summed E-state index contributed by atoms with van der Waals surface area (Å²) in [6, 6.07) is -0.173. The summed E-state index contributed by atoms with van der Waals surface area (Å²) < 4.78 is 7.12. The van der Waals surface area contributed by atoms with Crippen LogP contribution in [0.5, 0.6) is 0 Å². The molecule has 126 valence electrons. The van der Waals surface area contributed by atoms with Gasteiger partial charge in [0.15, 0.2) is 11.4 Å². The zero-order valence-electron chi connectivity index (χ0n) is 12.9. The fourth-order valence-electron chi connectivity index (χ4n) is 2.68. The summed E-state index contributed by atoms with van der Waals surface area (Å²) in [4.78, 5) is 6.73. The van der Waals surface area contributed by atoms with Crippen molar-refractivity contribution in [2.24, 2.45) is 0 Å². The largest absolute Gasteiger partial charge is 0.386 e. The Bertz CT molecular complexity index is 660. The molecule has 4 atom stereocenters. The Kier molecular flexibility index (Phi) is 4.60. The van der Waals surface area contributed by atoms with E-state index >= 15 is 0 Å². The molecule has 1 aliphatic rings. The molecule has 0 aliphatic carbocycles. The number of nitrogens with zero attached hydrogens (tertiary/aromatic N) is 5. The number of aromatic nitrogens is 4. The molecule has 2 aromatic rings. The number of ether oxygens (including phenoxy) is 1. The zero-order valence-corrected chi connectivity index (χ0v) is 13.7. The lowest BCUT2D eigenvalue weighted by Gasteiger charge is -2.39. The van der Waals surface area contributed by atoms with E-state index in [0.717, 1.165) is 4.88 Å². The molecule has 23 heavy (non-hydrogen) atoms. The van der Waals surface area contributed by atoms with E-state index in [1.807, 2.05) is 19.0 Å². The molecule has 0 aromatic carbocycles. The van der Waals surface area contributed by atoms with Crippen molar-refractivity contribution in [1.29, 1.82) is 0 Å². The van der Waals surface area contributed by atoms with Gasteiger partial charge in [0.25, 0.3) is 0 Å². The van der Waals surface area contributed by atoms with Gasteiger partial charge in [-0.2, -0.15) is 0 Å². The maximum atomic E-state index is 9.98. The van der Waals surface area contributed by atoms with E-state index in [0.29, 0.717) is 23.8 Å². The average molecular weight is 340 g/mol. The van der Waals surface area contributed by atoms with Crippen molar-refractivity contribution in [1.82, 2.24) is 24.9 Å². The van der Waals surface area contributed by atoms with E-state index in [2.05, 4.69) is 15.3 Å². The number of nitrogen functional groups attached to an aromatic ring is 1. The van der Waals surface area contributed by atoms with Crippen molar-refractivity contribution in [3.8, 4) is 10.6 Å². The first kappa shape index (κ1) is 16.3. The number of rotatable bonds is 4. The lowest BCUT2D eigenvalue weighted by Crippen LogP contribution is -2.54. The van der Waals surface area contributed by atoms with E-state index in [1.54, 1.807) is 17.1 Å². The molecule has 0 amide bonds. The molecule has 3 rings (SSSR count). The average Bonchev–Trinajstić information content (AvgIpc) is 3.11. The zero-order chi connectivity index (χ0) is 16.6. The van der Waals surface area contributed by atoms with Crippen molar-refractivity contribution in [2.75, 3.05) is 19.8 Å². The Balaban J connectivity index is 1.68. The third kappa shape index (κ3) is 3.51. The summed E-state index contributed by atoms with van der Waals surface area (Å²) in [6.45, 7) is 0.440. The summed E-state index contributed by atoms with van der Waals surface area (Å²) in [6.07, 6.45) is 1.65. The third-order valence-electron chi connectivity index (χ3n) is 3.89.